The first-order chi connectivity index (χ1) is 7.87. The molecule has 1 rings (SSSR count). The van der Waals surface area contributed by atoms with Crippen molar-refractivity contribution >= 4 is 6.09 Å². The van der Waals surface area contributed by atoms with Crippen LogP contribution in [-0.2, 0) is 9.47 Å². The van der Waals surface area contributed by atoms with Crippen molar-refractivity contribution in [3.63, 3.8) is 0 Å². The highest BCUT2D eigenvalue weighted by atomic mass is 16.6. The van der Waals surface area contributed by atoms with Gasteiger partial charge in [0.2, 0.25) is 0 Å². The van der Waals surface area contributed by atoms with E-state index in [1.807, 2.05) is 27.8 Å². The predicted octanol–water partition coefficient (Wildman–Crippen LogP) is 1.23. The van der Waals surface area contributed by atoms with Gasteiger partial charge in [-0.2, -0.15) is 0 Å². The maximum absolute atomic E-state index is 11.9. The number of nitrogens with one attached hydrogen (secondary N) is 1. The van der Waals surface area contributed by atoms with Gasteiger partial charge in [-0.15, -0.1) is 0 Å². The van der Waals surface area contributed by atoms with Crippen LogP contribution in [0.3, 0.4) is 0 Å². The Bertz CT molecular complexity index is 263. The summed E-state index contributed by atoms with van der Waals surface area (Å²) in [7, 11) is 3.59. The molecule has 17 heavy (non-hydrogen) atoms. The van der Waals surface area contributed by atoms with Crippen molar-refractivity contribution in [2.24, 2.45) is 0 Å². The number of hydrogen-bond acceptors (Lipinski definition) is 4. The fourth-order valence-corrected chi connectivity index (χ4v) is 1.98. The van der Waals surface area contributed by atoms with Crippen molar-refractivity contribution in [1.29, 1.82) is 0 Å². The van der Waals surface area contributed by atoms with Gasteiger partial charge in [0.1, 0.15) is 5.60 Å². The smallest absolute Gasteiger partial charge is 0.410 e. The minimum atomic E-state index is -0.445. The molecule has 1 saturated heterocycles. The number of amides is 1. The van der Waals surface area contributed by atoms with E-state index in [1.54, 1.807) is 12.0 Å². The molecule has 2 atom stereocenters. The summed E-state index contributed by atoms with van der Waals surface area (Å²) in [6, 6.07) is 0.304. The molecule has 0 aromatic heterocycles. The van der Waals surface area contributed by atoms with Gasteiger partial charge in [0.25, 0.3) is 0 Å². The highest BCUT2D eigenvalue weighted by Crippen LogP contribution is 2.17. The summed E-state index contributed by atoms with van der Waals surface area (Å²) in [4.78, 5) is 13.6. The maximum Gasteiger partial charge on any atom is 0.410 e. The first kappa shape index (κ1) is 14.3. The molecule has 1 fully saturated rings. The van der Waals surface area contributed by atoms with E-state index in [-0.39, 0.29) is 12.2 Å². The molecule has 1 amide bonds. The van der Waals surface area contributed by atoms with E-state index in [2.05, 4.69) is 5.32 Å². The summed E-state index contributed by atoms with van der Waals surface area (Å²) >= 11 is 0. The van der Waals surface area contributed by atoms with E-state index < -0.39 is 5.60 Å². The second-order valence-electron chi connectivity index (χ2n) is 5.38. The Balaban J connectivity index is 2.54. The average Bonchev–Trinajstić information content (AvgIpc) is 2.25. The molecule has 0 radical (unpaired) electrons. The van der Waals surface area contributed by atoms with Crippen LogP contribution in [0.1, 0.15) is 27.2 Å². The summed E-state index contributed by atoms with van der Waals surface area (Å²) in [5, 5.41) is 3.21. The molecule has 0 aromatic carbocycles. The maximum atomic E-state index is 11.9. The number of likely N-dealkylation sites (N-methyl/N-ethyl adjacent to an activating group) is 1. The van der Waals surface area contributed by atoms with Gasteiger partial charge in [-0.05, 0) is 34.2 Å². The van der Waals surface area contributed by atoms with Crippen LogP contribution in [0.15, 0.2) is 0 Å². The predicted molar refractivity (Wildman–Crippen MR) is 66.1 cm³/mol. The standard InChI is InChI=1S/C12H24N2O3/c1-12(2,3)17-11(15)14-7-6-9(13-4)10(8-14)16-5/h9-10,13H,6-8H2,1-5H3/t9-,10-/m0/s1. The second-order valence-corrected chi connectivity index (χ2v) is 5.38. The number of rotatable bonds is 2. The molecule has 1 N–H and O–H groups in total. The quantitative estimate of drug-likeness (QED) is 0.794. The van der Waals surface area contributed by atoms with Crippen LogP contribution < -0.4 is 5.32 Å². The van der Waals surface area contributed by atoms with E-state index in [0.29, 0.717) is 19.1 Å². The van der Waals surface area contributed by atoms with Crippen LogP contribution in [0.5, 0.6) is 0 Å². The minimum Gasteiger partial charge on any atom is -0.444 e. The summed E-state index contributed by atoms with van der Waals surface area (Å²) in [5.74, 6) is 0. The third-order valence-electron chi connectivity index (χ3n) is 2.88. The van der Waals surface area contributed by atoms with Crippen LogP contribution in [0.2, 0.25) is 0 Å². The van der Waals surface area contributed by atoms with Crippen molar-refractivity contribution < 1.29 is 14.3 Å². The number of methoxy groups -OCH3 is 1. The van der Waals surface area contributed by atoms with Gasteiger partial charge in [0, 0.05) is 19.7 Å². The Morgan fingerprint density at radius 1 is 1.41 bits per heavy atom. The Hall–Kier alpha value is -0.810. The van der Waals surface area contributed by atoms with Gasteiger partial charge in [0.15, 0.2) is 0 Å². The number of ether oxygens (including phenoxy) is 2. The highest BCUT2D eigenvalue weighted by Gasteiger charge is 2.32. The number of nitrogens with zero attached hydrogens (tertiary/aromatic N) is 1. The Morgan fingerprint density at radius 3 is 2.53 bits per heavy atom. The monoisotopic (exact) mass is 244 g/mol. The lowest BCUT2D eigenvalue weighted by Crippen LogP contribution is -2.54. The highest BCUT2D eigenvalue weighted by molar-refractivity contribution is 5.68. The summed E-state index contributed by atoms with van der Waals surface area (Å²) in [5.41, 5.74) is -0.445. The Kier molecular flexibility index (Phi) is 4.77. The van der Waals surface area contributed by atoms with Crippen LogP contribution >= 0.6 is 0 Å². The SMILES string of the molecule is CN[C@H]1CCN(C(=O)OC(C)(C)C)C[C@@H]1OC. The van der Waals surface area contributed by atoms with Crippen LogP contribution in [0.25, 0.3) is 0 Å². The molecule has 0 bridgehead atoms. The van der Waals surface area contributed by atoms with Gasteiger partial charge in [-0.3, -0.25) is 0 Å². The van der Waals surface area contributed by atoms with E-state index in [1.165, 1.54) is 0 Å². The average molecular weight is 244 g/mol. The number of carbonyl (C=O) groups is 1. The van der Waals surface area contributed by atoms with Crippen molar-refractivity contribution in [2.75, 3.05) is 27.2 Å². The molecule has 5 nitrogen and oxygen atoms in total. The topological polar surface area (TPSA) is 50.8 Å². The lowest BCUT2D eigenvalue weighted by molar-refractivity contribution is -0.0170. The van der Waals surface area contributed by atoms with Crippen LogP contribution in [0.4, 0.5) is 4.79 Å². The first-order valence-corrected chi connectivity index (χ1v) is 6.05. The fourth-order valence-electron chi connectivity index (χ4n) is 1.98. The van der Waals surface area contributed by atoms with Crippen molar-refractivity contribution in [3.8, 4) is 0 Å². The third-order valence-corrected chi connectivity index (χ3v) is 2.88. The van der Waals surface area contributed by atoms with Gasteiger partial charge >= 0.3 is 6.09 Å². The molecule has 0 aromatic rings. The Labute approximate surface area is 103 Å². The fraction of sp³-hybridized carbons (Fsp3) is 0.917. The number of piperidine rings is 1. The third kappa shape index (κ3) is 4.16. The van der Waals surface area contributed by atoms with Crippen molar-refractivity contribution in [3.05, 3.63) is 0 Å². The zero-order valence-electron chi connectivity index (χ0n) is 11.4. The molecule has 1 heterocycles. The van der Waals surface area contributed by atoms with Crippen LogP contribution in [-0.4, -0.2) is 56.0 Å². The van der Waals surface area contributed by atoms with E-state index >= 15 is 0 Å². The molecule has 0 saturated carbocycles. The van der Waals surface area contributed by atoms with E-state index in [0.717, 1.165) is 6.42 Å². The lowest BCUT2D eigenvalue weighted by Gasteiger charge is -2.38. The van der Waals surface area contributed by atoms with E-state index in [9.17, 15) is 4.79 Å². The molecular weight excluding hydrogens is 220 g/mol. The zero-order chi connectivity index (χ0) is 13.1. The number of likely N-dealkylation sites (tertiary alicyclic amines) is 1. The summed E-state index contributed by atoms with van der Waals surface area (Å²) in [6.07, 6.45) is 0.657. The number of carbonyl (C=O) groups excluding carboxylic acids is 1. The zero-order valence-corrected chi connectivity index (χ0v) is 11.4. The van der Waals surface area contributed by atoms with Gasteiger partial charge in [0.05, 0.1) is 12.6 Å². The first-order valence-electron chi connectivity index (χ1n) is 6.05. The van der Waals surface area contributed by atoms with Gasteiger partial charge in [-0.25, -0.2) is 4.79 Å². The molecule has 0 spiro atoms. The number of hydrogen-bond donors (Lipinski definition) is 1. The molecule has 0 aliphatic carbocycles. The van der Waals surface area contributed by atoms with Gasteiger partial charge < -0.3 is 19.7 Å². The Morgan fingerprint density at radius 2 is 2.06 bits per heavy atom. The molecule has 5 heteroatoms. The summed E-state index contributed by atoms with van der Waals surface area (Å²) < 4.78 is 10.7. The van der Waals surface area contributed by atoms with E-state index in [4.69, 9.17) is 9.47 Å². The van der Waals surface area contributed by atoms with Crippen molar-refractivity contribution in [1.82, 2.24) is 10.2 Å². The molecule has 100 valence electrons. The normalized spacial score (nSPS) is 25.8. The minimum absolute atomic E-state index is 0.0290. The van der Waals surface area contributed by atoms with Crippen molar-refractivity contribution in [2.45, 2.75) is 44.9 Å². The summed E-state index contributed by atoms with van der Waals surface area (Å²) in [6.45, 7) is 6.91. The van der Waals surface area contributed by atoms with Crippen LogP contribution in [0, 0.1) is 0 Å². The van der Waals surface area contributed by atoms with Gasteiger partial charge in [-0.1, -0.05) is 0 Å². The molecule has 1 aliphatic rings. The largest absolute Gasteiger partial charge is 0.444 e. The molecule has 0 unspecified atom stereocenters. The second kappa shape index (κ2) is 5.69. The lowest BCUT2D eigenvalue weighted by atomic mass is 10.0. The molecular formula is C12H24N2O3. The molecule has 1 aliphatic heterocycles.